The Kier molecular flexibility index (Phi) is 5.95. The third-order valence-corrected chi connectivity index (χ3v) is 3.25. The van der Waals surface area contributed by atoms with E-state index >= 15 is 0 Å². The molecule has 128 valence electrons. The molecule has 0 saturated carbocycles. The molecule has 0 unspecified atom stereocenters. The lowest BCUT2D eigenvalue weighted by Gasteiger charge is -2.12. The van der Waals surface area contributed by atoms with Crippen LogP contribution in [0.15, 0.2) is 30.3 Å². The van der Waals surface area contributed by atoms with Crippen LogP contribution in [0.2, 0.25) is 0 Å². The van der Waals surface area contributed by atoms with Crippen molar-refractivity contribution in [3.05, 3.63) is 35.9 Å². The number of hydrogen-bond donors (Lipinski definition) is 2. The van der Waals surface area contributed by atoms with Crippen LogP contribution in [0, 0.1) is 5.92 Å². The first kappa shape index (κ1) is 17.5. The zero-order chi connectivity index (χ0) is 17.5. The van der Waals surface area contributed by atoms with Crippen LogP contribution in [0.1, 0.15) is 24.2 Å². The maximum atomic E-state index is 12.5. The smallest absolute Gasteiger partial charge is 0.264 e. The van der Waals surface area contributed by atoms with E-state index in [0.29, 0.717) is 34.6 Å². The summed E-state index contributed by atoms with van der Waals surface area (Å²) >= 11 is 0. The molecule has 0 fully saturated rings. The van der Waals surface area contributed by atoms with E-state index in [9.17, 15) is 4.79 Å². The Morgan fingerprint density at radius 2 is 1.62 bits per heavy atom. The Morgan fingerprint density at radius 3 is 2.12 bits per heavy atom. The van der Waals surface area contributed by atoms with Crippen LogP contribution in [0.25, 0.3) is 0 Å². The molecule has 0 aliphatic rings. The number of rotatable bonds is 7. The molecule has 2 rings (SSSR count). The predicted molar refractivity (Wildman–Crippen MR) is 92.9 cm³/mol. The van der Waals surface area contributed by atoms with Gasteiger partial charge in [-0.1, -0.05) is 19.9 Å². The number of benzene rings is 1. The molecule has 0 radical (unpaired) electrons. The van der Waals surface area contributed by atoms with Gasteiger partial charge in [0.25, 0.3) is 5.91 Å². The number of nitrogens with zero attached hydrogens (tertiary/aromatic N) is 2. The van der Waals surface area contributed by atoms with Gasteiger partial charge in [-0.2, -0.15) is 0 Å². The first-order valence-corrected chi connectivity index (χ1v) is 7.65. The van der Waals surface area contributed by atoms with Crippen LogP contribution in [-0.2, 0) is 0 Å². The highest BCUT2D eigenvalue weighted by Gasteiger charge is 2.18. The van der Waals surface area contributed by atoms with E-state index in [1.807, 2.05) is 0 Å². The predicted octanol–water partition coefficient (Wildman–Crippen LogP) is 2.81. The summed E-state index contributed by atoms with van der Waals surface area (Å²) in [5, 5.41) is 13.9. The van der Waals surface area contributed by atoms with Crippen molar-refractivity contribution in [3.8, 4) is 11.5 Å². The van der Waals surface area contributed by atoms with Gasteiger partial charge in [-0.15, -0.1) is 10.2 Å². The minimum atomic E-state index is -0.374. The number of hydrogen-bond acceptors (Lipinski definition) is 6. The van der Waals surface area contributed by atoms with Crippen LogP contribution >= 0.6 is 0 Å². The number of ether oxygens (including phenoxy) is 2. The standard InChI is InChI=1S/C17H22N4O3/c1-11(2)10-18-14-8-9-15(21-20-14)19-17(22)16-12(23-3)6-5-7-13(16)24-4/h5-9,11H,10H2,1-4H3,(H,18,20)(H,19,21,22). The van der Waals surface area contributed by atoms with Crippen molar-refractivity contribution in [2.75, 3.05) is 31.4 Å². The van der Waals surface area contributed by atoms with E-state index in [2.05, 4.69) is 34.7 Å². The zero-order valence-corrected chi connectivity index (χ0v) is 14.3. The molecule has 0 aliphatic carbocycles. The summed E-state index contributed by atoms with van der Waals surface area (Å²) < 4.78 is 10.5. The second-order valence-electron chi connectivity index (χ2n) is 5.57. The van der Waals surface area contributed by atoms with Gasteiger partial charge in [-0.3, -0.25) is 4.79 Å². The largest absolute Gasteiger partial charge is 0.496 e. The lowest BCUT2D eigenvalue weighted by Crippen LogP contribution is -2.16. The molecule has 2 N–H and O–H groups in total. The SMILES string of the molecule is COc1cccc(OC)c1C(=O)Nc1ccc(NCC(C)C)nn1. The molecule has 0 saturated heterocycles. The van der Waals surface area contributed by atoms with E-state index in [4.69, 9.17) is 9.47 Å². The molecule has 2 aromatic rings. The van der Waals surface area contributed by atoms with E-state index < -0.39 is 0 Å². The number of anilines is 2. The molecule has 0 aliphatic heterocycles. The van der Waals surface area contributed by atoms with E-state index in [-0.39, 0.29) is 5.91 Å². The highest BCUT2D eigenvalue weighted by molar-refractivity contribution is 6.07. The normalized spacial score (nSPS) is 10.4. The summed E-state index contributed by atoms with van der Waals surface area (Å²) in [7, 11) is 3.00. The molecular formula is C17H22N4O3. The van der Waals surface area contributed by atoms with Gasteiger partial charge < -0.3 is 20.1 Å². The minimum absolute atomic E-state index is 0.311. The molecule has 1 aromatic carbocycles. The molecule has 7 nitrogen and oxygen atoms in total. The van der Waals surface area contributed by atoms with Gasteiger partial charge in [0.2, 0.25) is 0 Å². The first-order valence-electron chi connectivity index (χ1n) is 7.65. The van der Waals surface area contributed by atoms with Crippen molar-refractivity contribution in [1.29, 1.82) is 0 Å². The van der Waals surface area contributed by atoms with Crippen LogP contribution in [0.3, 0.4) is 0 Å². The summed E-state index contributed by atoms with van der Waals surface area (Å²) in [5.74, 6) is 2.00. The van der Waals surface area contributed by atoms with Crippen molar-refractivity contribution < 1.29 is 14.3 Å². The topological polar surface area (TPSA) is 85.4 Å². The van der Waals surface area contributed by atoms with Gasteiger partial charge in [0, 0.05) is 6.54 Å². The van der Waals surface area contributed by atoms with Gasteiger partial charge in [-0.25, -0.2) is 0 Å². The Bertz CT molecular complexity index is 664. The highest BCUT2D eigenvalue weighted by Crippen LogP contribution is 2.28. The van der Waals surface area contributed by atoms with Crippen LogP contribution in [-0.4, -0.2) is 36.9 Å². The lowest BCUT2D eigenvalue weighted by atomic mass is 10.1. The average molecular weight is 330 g/mol. The lowest BCUT2D eigenvalue weighted by molar-refractivity contribution is 0.102. The van der Waals surface area contributed by atoms with Crippen molar-refractivity contribution in [1.82, 2.24) is 10.2 Å². The Hall–Kier alpha value is -2.83. The van der Waals surface area contributed by atoms with E-state index in [1.165, 1.54) is 14.2 Å². The number of carbonyl (C=O) groups is 1. The number of methoxy groups -OCH3 is 2. The van der Waals surface area contributed by atoms with Gasteiger partial charge in [0.15, 0.2) is 5.82 Å². The monoisotopic (exact) mass is 330 g/mol. The van der Waals surface area contributed by atoms with Gasteiger partial charge in [-0.05, 0) is 30.2 Å². The van der Waals surface area contributed by atoms with Crippen LogP contribution < -0.4 is 20.1 Å². The summed E-state index contributed by atoms with van der Waals surface area (Å²) in [4.78, 5) is 12.5. The average Bonchev–Trinajstić information content (AvgIpc) is 2.60. The molecule has 1 aromatic heterocycles. The Balaban J connectivity index is 2.12. The summed E-state index contributed by atoms with van der Waals surface area (Å²) in [6.45, 7) is 5.02. The molecule has 0 bridgehead atoms. The van der Waals surface area contributed by atoms with Crippen molar-refractivity contribution >= 4 is 17.5 Å². The summed E-state index contributed by atoms with van der Waals surface area (Å²) in [5.41, 5.74) is 0.311. The summed E-state index contributed by atoms with van der Waals surface area (Å²) in [6.07, 6.45) is 0. The minimum Gasteiger partial charge on any atom is -0.496 e. The number of carbonyl (C=O) groups excluding carboxylic acids is 1. The summed E-state index contributed by atoms with van der Waals surface area (Å²) in [6, 6.07) is 8.60. The van der Waals surface area contributed by atoms with Crippen molar-refractivity contribution in [2.45, 2.75) is 13.8 Å². The fourth-order valence-electron chi connectivity index (χ4n) is 2.06. The fourth-order valence-corrected chi connectivity index (χ4v) is 2.06. The molecule has 1 heterocycles. The van der Waals surface area contributed by atoms with Crippen LogP contribution in [0.5, 0.6) is 11.5 Å². The highest BCUT2D eigenvalue weighted by atomic mass is 16.5. The number of nitrogens with one attached hydrogen (secondary N) is 2. The van der Waals surface area contributed by atoms with Gasteiger partial charge in [0.05, 0.1) is 14.2 Å². The maximum Gasteiger partial charge on any atom is 0.264 e. The van der Waals surface area contributed by atoms with E-state index in [1.54, 1.807) is 30.3 Å². The Morgan fingerprint density at radius 1 is 1.04 bits per heavy atom. The molecule has 0 spiro atoms. The van der Waals surface area contributed by atoms with E-state index in [0.717, 1.165) is 6.54 Å². The molecule has 24 heavy (non-hydrogen) atoms. The maximum absolute atomic E-state index is 12.5. The Labute approximate surface area is 141 Å². The van der Waals surface area contributed by atoms with Crippen molar-refractivity contribution in [2.24, 2.45) is 5.92 Å². The molecule has 7 heteroatoms. The van der Waals surface area contributed by atoms with Gasteiger partial charge in [0.1, 0.15) is 22.9 Å². The number of aromatic nitrogens is 2. The first-order chi connectivity index (χ1) is 11.5. The second-order valence-corrected chi connectivity index (χ2v) is 5.57. The van der Waals surface area contributed by atoms with Crippen LogP contribution in [0.4, 0.5) is 11.6 Å². The molecule has 0 atom stereocenters. The molecule has 1 amide bonds. The second kappa shape index (κ2) is 8.14. The quantitative estimate of drug-likeness (QED) is 0.812. The fraction of sp³-hybridized carbons (Fsp3) is 0.353. The van der Waals surface area contributed by atoms with Crippen molar-refractivity contribution in [3.63, 3.8) is 0 Å². The third-order valence-electron chi connectivity index (χ3n) is 3.25. The molecular weight excluding hydrogens is 308 g/mol. The number of amides is 1. The van der Waals surface area contributed by atoms with Gasteiger partial charge >= 0.3 is 0 Å². The zero-order valence-electron chi connectivity index (χ0n) is 14.3. The third kappa shape index (κ3) is 4.34.